The minimum atomic E-state index is -0.248. The van der Waals surface area contributed by atoms with Gasteiger partial charge in [-0.1, -0.05) is 6.07 Å². The van der Waals surface area contributed by atoms with Crippen LogP contribution in [0.25, 0.3) is 5.69 Å². The van der Waals surface area contributed by atoms with Crippen molar-refractivity contribution in [2.24, 2.45) is 0 Å². The van der Waals surface area contributed by atoms with Gasteiger partial charge in [0.1, 0.15) is 5.82 Å². The molecule has 30 heavy (non-hydrogen) atoms. The van der Waals surface area contributed by atoms with E-state index in [-0.39, 0.29) is 24.0 Å². The molecule has 2 saturated heterocycles. The van der Waals surface area contributed by atoms with E-state index in [4.69, 9.17) is 17.0 Å². The minimum absolute atomic E-state index is 0.0587. The summed E-state index contributed by atoms with van der Waals surface area (Å²) in [5, 5.41) is 4.19. The van der Waals surface area contributed by atoms with Crippen LogP contribution in [0, 0.1) is 5.82 Å². The summed E-state index contributed by atoms with van der Waals surface area (Å²) in [5.41, 5.74) is 2.92. The third-order valence-electron chi connectivity index (χ3n) is 5.81. The summed E-state index contributed by atoms with van der Waals surface area (Å²) in [4.78, 5) is 6.82. The largest absolute Gasteiger partial charge is 0.376 e. The molecule has 154 valence electrons. The molecule has 2 fully saturated rings. The summed E-state index contributed by atoms with van der Waals surface area (Å²) in [6.45, 7) is 1.54. The molecule has 2 aliphatic heterocycles. The first-order valence-electron chi connectivity index (χ1n) is 10.2. The summed E-state index contributed by atoms with van der Waals surface area (Å²) in [7, 11) is 0. The van der Waals surface area contributed by atoms with Crippen molar-refractivity contribution in [3.8, 4) is 5.69 Å². The maximum absolute atomic E-state index is 13.5. The first kappa shape index (κ1) is 19.2. The molecule has 1 aromatic carbocycles. The van der Waals surface area contributed by atoms with E-state index in [0.717, 1.165) is 43.1 Å². The molecule has 2 aromatic heterocycles. The molecule has 4 heterocycles. The highest BCUT2D eigenvalue weighted by atomic mass is 32.1. The van der Waals surface area contributed by atoms with Crippen LogP contribution >= 0.6 is 12.2 Å². The number of aromatic nitrogens is 2. The lowest BCUT2D eigenvalue weighted by atomic mass is 10.0. The fourth-order valence-electron chi connectivity index (χ4n) is 4.40. The van der Waals surface area contributed by atoms with E-state index in [9.17, 15) is 4.39 Å². The van der Waals surface area contributed by atoms with Crippen LogP contribution in [-0.2, 0) is 4.74 Å². The van der Waals surface area contributed by atoms with Gasteiger partial charge in [0.25, 0.3) is 0 Å². The molecular formula is C23H23FN4OS. The van der Waals surface area contributed by atoms with Crippen LogP contribution in [0.4, 0.5) is 4.39 Å². The van der Waals surface area contributed by atoms with Crippen molar-refractivity contribution in [3.05, 3.63) is 84.2 Å². The average molecular weight is 423 g/mol. The van der Waals surface area contributed by atoms with Gasteiger partial charge >= 0.3 is 0 Å². The maximum Gasteiger partial charge on any atom is 0.170 e. The molecule has 0 aliphatic carbocycles. The second-order valence-electron chi connectivity index (χ2n) is 7.69. The van der Waals surface area contributed by atoms with Gasteiger partial charge in [-0.15, -0.1) is 0 Å². The van der Waals surface area contributed by atoms with Crippen molar-refractivity contribution in [3.63, 3.8) is 0 Å². The van der Waals surface area contributed by atoms with Gasteiger partial charge in [-0.25, -0.2) is 4.39 Å². The van der Waals surface area contributed by atoms with E-state index in [1.807, 2.05) is 30.5 Å². The molecule has 5 rings (SSSR count). The summed E-state index contributed by atoms with van der Waals surface area (Å²) in [6, 6.07) is 16.4. The third kappa shape index (κ3) is 3.59. The average Bonchev–Trinajstić information content (AvgIpc) is 3.51. The minimum Gasteiger partial charge on any atom is -0.376 e. The maximum atomic E-state index is 13.5. The number of hydrogen-bond acceptors (Lipinski definition) is 3. The first-order valence-corrected chi connectivity index (χ1v) is 10.6. The molecule has 5 nitrogen and oxygen atoms in total. The molecule has 0 unspecified atom stereocenters. The molecule has 3 atom stereocenters. The Kier molecular flexibility index (Phi) is 5.23. The second-order valence-corrected chi connectivity index (χ2v) is 8.08. The molecule has 0 bridgehead atoms. The van der Waals surface area contributed by atoms with E-state index < -0.39 is 0 Å². The Hall–Kier alpha value is -2.77. The fraction of sp³-hybridized carbons (Fsp3) is 0.304. The highest BCUT2D eigenvalue weighted by Crippen LogP contribution is 2.40. The van der Waals surface area contributed by atoms with Gasteiger partial charge in [-0.2, -0.15) is 0 Å². The molecule has 3 aromatic rings. The van der Waals surface area contributed by atoms with Crippen LogP contribution in [0.1, 0.15) is 36.3 Å². The predicted octanol–water partition coefficient (Wildman–Crippen LogP) is 4.16. The molecule has 2 aliphatic rings. The number of ether oxygens (including phenoxy) is 1. The number of halogens is 1. The molecular weight excluding hydrogens is 399 g/mol. The van der Waals surface area contributed by atoms with E-state index >= 15 is 0 Å². The highest BCUT2D eigenvalue weighted by Gasteiger charge is 2.42. The van der Waals surface area contributed by atoms with Crippen LogP contribution in [0.3, 0.4) is 0 Å². The lowest BCUT2D eigenvalue weighted by Crippen LogP contribution is -2.36. The fourth-order valence-corrected chi connectivity index (χ4v) is 4.72. The van der Waals surface area contributed by atoms with E-state index in [1.54, 1.807) is 18.3 Å². The lowest BCUT2D eigenvalue weighted by molar-refractivity contribution is 0.0836. The number of nitrogens with one attached hydrogen (secondary N) is 1. The topological polar surface area (TPSA) is 42.3 Å². The first-order chi connectivity index (χ1) is 14.7. The molecule has 0 spiro atoms. The van der Waals surface area contributed by atoms with Gasteiger partial charge < -0.3 is 19.5 Å². The number of nitrogens with zero attached hydrogens (tertiary/aromatic N) is 3. The smallest absolute Gasteiger partial charge is 0.170 e. The van der Waals surface area contributed by atoms with Crippen LogP contribution in [0.15, 0.2) is 67.0 Å². The van der Waals surface area contributed by atoms with Gasteiger partial charge in [0, 0.05) is 36.9 Å². The predicted molar refractivity (Wildman–Crippen MR) is 117 cm³/mol. The molecule has 0 radical (unpaired) electrons. The number of thiocarbonyl (C=S) groups is 1. The Morgan fingerprint density at radius 2 is 2.00 bits per heavy atom. The second kappa shape index (κ2) is 8.16. The zero-order valence-corrected chi connectivity index (χ0v) is 17.3. The van der Waals surface area contributed by atoms with Crippen molar-refractivity contribution in [2.75, 3.05) is 13.2 Å². The van der Waals surface area contributed by atoms with Crippen LogP contribution < -0.4 is 5.32 Å². The Labute approximate surface area is 180 Å². The van der Waals surface area contributed by atoms with Gasteiger partial charge in [0.15, 0.2) is 5.11 Å². The van der Waals surface area contributed by atoms with Crippen molar-refractivity contribution in [2.45, 2.75) is 31.0 Å². The SMILES string of the molecule is Fc1ccc(-n2cccc2[C@@H]2[C@@H](c3ccccn3)NC(=S)N2C[C@H]2CCCO2)cc1. The monoisotopic (exact) mass is 422 g/mol. The van der Waals surface area contributed by atoms with Crippen LogP contribution in [-0.4, -0.2) is 38.8 Å². The van der Waals surface area contributed by atoms with Gasteiger partial charge in [-0.05, 0) is 73.6 Å². The van der Waals surface area contributed by atoms with E-state index in [1.165, 1.54) is 12.1 Å². The lowest BCUT2D eigenvalue weighted by Gasteiger charge is -2.30. The van der Waals surface area contributed by atoms with E-state index in [0.29, 0.717) is 5.11 Å². The summed E-state index contributed by atoms with van der Waals surface area (Å²) in [5.74, 6) is -0.248. The Bertz CT molecular complexity index is 1020. The van der Waals surface area contributed by atoms with Crippen molar-refractivity contribution >= 4 is 17.3 Å². The quantitative estimate of drug-likeness (QED) is 0.626. The Morgan fingerprint density at radius 3 is 2.73 bits per heavy atom. The zero-order chi connectivity index (χ0) is 20.5. The standard InChI is InChI=1S/C23H23FN4OS/c24-16-8-10-17(11-9-16)27-13-3-7-20(27)22-21(19-6-1-2-12-25-19)26-23(30)28(22)15-18-5-4-14-29-18/h1-3,6-13,18,21-22H,4-5,14-15H2,(H,26,30)/t18-,21-,22-/m1/s1. The zero-order valence-electron chi connectivity index (χ0n) is 16.4. The number of pyridine rings is 1. The molecule has 0 amide bonds. The van der Waals surface area contributed by atoms with E-state index in [2.05, 4.69) is 25.8 Å². The Balaban J connectivity index is 1.56. The van der Waals surface area contributed by atoms with Crippen LogP contribution in [0.5, 0.6) is 0 Å². The molecule has 0 saturated carbocycles. The van der Waals surface area contributed by atoms with Crippen molar-refractivity contribution in [1.82, 2.24) is 19.8 Å². The van der Waals surface area contributed by atoms with Crippen LogP contribution in [0.2, 0.25) is 0 Å². The van der Waals surface area contributed by atoms with Gasteiger partial charge in [-0.3, -0.25) is 4.98 Å². The summed E-state index contributed by atoms with van der Waals surface area (Å²) >= 11 is 5.75. The Morgan fingerprint density at radius 1 is 1.13 bits per heavy atom. The summed E-state index contributed by atoms with van der Waals surface area (Å²) in [6.07, 6.45) is 6.10. The summed E-state index contributed by atoms with van der Waals surface area (Å²) < 4.78 is 21.5. The normalized spacial score (nSPS) is 23.7. The number of rotatable bonds is 5. The molecule has 7 heteroatoms. The third-order valence-corrected chi connectivity index (χ3v) is 6.16. The van der Waals surface area contributed by atoms with Crippen molar-refractivity contribution in [1.29, 1.82) is 0 Å². The highest BCUT2D eigenvalue weighted by molar-refractivity contribution is 7.80. The van der Waals surface area contributed by atoms with Gasteiger partial charge in [0.05, 0.1) is 23.9 Å². The number of benzene rings is 1. The molecule has 1 N–H and O–H groups in total. The van der Waals surface area contributed by atoms with Crippen molar-refractivity contribution < 1.29 is 9.13 Å². The van der Waals surface area contributed by atoms with Gasteiger partial charge in [0.2, 0.25) is 0 Å². The number of hydrogen-bond donors (Lipinski definition) is 1.